The van der Waals surface area contributed by atoms with Crippen molar-refractivity contribution in [2.45, 2.75) is 6.18 Å². The zero-order valence-electron chi connectivity index (χ0n) is 12.3. The van der Waals surface area contributed by atoms with Gasteiger partial charge in [0.2, 0.25) is 0 Å². The Bertz CT molecular complexity index is 909. The van der Waals surface area contributed by atoms with Gasteiger partial charge in [-0.15, -0.1) is 11.3 Å². The van der Waals surface area contributed by atoms with E-state index in [1.165, 1.54) is 11.3 Å². The molecule has 0 unspecified atom stereocenters. The number of benzene rings is 1. The van der Waals surface area contributed by atoms with E-state index in [9.17, 15) is 18.0 Å². The van der Waals surface area contributed by atoms with Gasteiger partial charge in [0, 0.05) is 22.2 Å². The molecule has 0 bridgehead atoms. The highest BCUT2D eigenvalue weighted by molar-refractivity contribution is 7.14. The third-order valence-corrected chi connectivity index (χ3v) is 4.28. The number of carbonyl (C=O) groups excluding carboxylic acids is 1. The Morgan fingerprint density at radius 3 is 2.56 bits per heavy atom. The molecule has 0 fully saturated rings. The van der Waals surface area contributed by atoms with Gasteiger partial charge in [-0.2, -0.15) is 13.2 Å². The van der Waals surface area contributed by atoms with Gasteiger partial charge in [0.25, 0.3) is 5.91 Å². The molecule has 128 valence electrons. The summed E-state index contributed by atoms with van der Waals surface area (Å²) < 4.78 is 37.4. The molecular weight excluding hydrogens is 375 g/mol. The maximum Gasteiger partial charge on any atom is 0.433 e. The number of hydrogen-bond acceptors (Lipinski definition) is 4. The van der Waals surface area contributed by atoms with E-state index in [0.29, 0.717) is 15.8 Å². The number of thiazole rings is 1. The standard InChI is InChI=1S/C16H9ClF3N3OS/c17-11-4-2-1-3-10(11)12-8-25-15(22-12)23-14(24)9-5-6-13(21-7-9)16(18,19)20/h1-8H,(H,22,23,24). The molecule has 9 heteroatoms. The van der Waals surface area contributed by atoms with Crippen LogP contribution in [0.2, 0.25) is 5.02 Å². The van der Waals surface area contributed by atoms with Crippen molar-refractivity contribution in [1.29, 1.82) is 0 Å². The summed E-state index contributed by atoms with van der Waals surface area (Å²) in [5.41, 5.74) is 0.260. The molecule has 1 N–H and O–H groups in total. The Labute approximate surface area is 149 Å². The molecule has 0 saturated carbocycles. The van der Waals surface area contributed by atoms with Crippen molar-refractivity contribution < 1.29 is 18.0 Å². The van der Waals surface area contributed by atoms with Crippen LogP contribution in [0, 0.1) is 0 Å². The third kappa shape index (κ3) is 3.97. The van der Waals surface area contributed by atoms with E-state index in [1.807, 2.05) is 6.07 Å². The van der Waals surface area contributed by atoms with Gasteiger partial charge in [0.1, 0.15) is 5.69 Å². The van der Waals surface area contributed by atoms with E-state index in [1.54, 1.807) is 23.6 Å². The van der Waals surface area contributed by atoms with Crippen molar-refractivity contribution in [2.24, 2.45) is 0 Å². The number of nitrogens with one attached hydrogen (secondary N) is 1. The van der Waals surface area contributed by atoms with Crippen molar-refractivity contribution in [3.63, 3.8) is 0 Å². The zero-order valence-corrected chi connectivity index (χ0v) is 13.9. The molecule has 2 aromatic heterocycles. The van der Waals surface area contributed by atoms with Crippen molar-refractivity contribution in [3.8, 4) is 11.3 Å². The number of alkyl halides is 3. The molecule has 1 aromatic carbocycles. The van der Waals surface area contributed by atoms with Gasteiger partial charge in [-0.05, 0) is 18.2 Å². The smallest absolute Gasteiger partial charge is 0.298 e. The first-order valence-corrected chi connectivity index (χ1v) is 8.15. The predicted molar refractivity (Wildman–Crippen MR) is 89.8 cm³/mol. The Morgan fingerprint density at radius 2 is 1.92 bits per heavy atom. The van der Waals surface area contributed by atoms with Gasteiger partial charge in [-0.25, -0.2) is 4.98 Å². The molecule has 0 aliphatic carbocycles. The summed E-state index contributed by atoms with van der Waals surface area (Å²) >= 11 is 7.28. The number of aromatic nitrogens is 2. The Hall–Kier alpha value is -2.45. The molecule has 3 aromatic rings. The van der Waals surface area contributed by atoms with E-state index in [0.717, 1.165) is 23.9 Å². The number of amides is 1. The summed E-state index contributed by atoms with van der Waals surface area (Å²) in [4.78, 5) is 19.6. The van der Waals surface area contributed by atoms with Gasteiger partial charge >= 0.3 is 6.18 Å². The summed E-state index contributed by atoms with van der Waals surface area (Å²) in [5, 5.41) is 5.09. The second-order valence-electron chi connectivity index (χ2n) is 4.90. The average Bonchev–Trinajstić information content (AvgIpc) is 3.03. The van der Waals surface area contributed by atoms with Crippen molar-refractivity contribution in [3.05, 3.63) is 64.3 Å². The van der Waals surface area contributed by atoms with Crippen LogP contribution >= 0.6 is 22.9 Å². The van der Waals surface area contributed by atoms with Gasteiger partial charge in [-0.3, -0.25) is 15.1 Å². The lowest BCUT2D eigenvalue weighted by molar-refractivity contribution is -0.141. The Balaban J connectivity index is 1.75. The summed E-state index contributed by atoms with van der Waals surface area (Å²) in [6.07, 6.45) is -3.67. The van der Waals surface area contributed by atoms with Gasteiger partial charge in [0.05, 0.1) is 11.3 Å². The maximum absolute atomic E-state index is 12.5. The minimum Gasteiger partial charge on any atom is -0.298 e. The minimum atomic E-state index is -4.55. The molecule has 0 aliphatic heterocycles. The number of anilines is 1. The highest BCUT2D eigenvalue weighted by Gasteiger charge is 2.32. The molecule has 4 nitrogen and oxygen atoms in total. The predicted octanol–water partition coefficient (Wildman–Crippen LogP) is 5.13. The first-order valence-electron chi connectivity index (χ1n) is 6.89. The fraction of sp³-hybridized carbons (Fsp3) is 0.0625. The fourth-order valence-electron chi connectivity index (χ4n) is 1.99. The molecule has 0 atom stereocenters. The van der Waals surface area contributed by atoms with Crippen LogP contribution in [0.1, 0.15) is 16.1 Å². The van der Waals surface area contributed by atoms with Gasteiger partial charge in [0.15, 0.2) is 5.13 Å². The topological polar surface area (TPSA) is 54.9 Å². The molecule has 3 rings (SSSR count). The van der Waals surface area contributed by atoms with Crippen molar-refractivity contribution >= 4 is 34.0 Å². The highest BCUT2D eigenvalue weighted by Crippen LogP contribution is 2.30. The van der Waals surface area contributed by atoms with Crippen LogP contribution < -0.4 is 5.32 Å². The number of halogens is 4. The monoisotopic (exact) mass is 383 g/mol. The zero-order chi connectivity index (χ0) is 18.0. The van der Waals surface area contributed by atoms with Crippen molar-refractivity contribution in [1.82, 2.24) is 9.97 Å². The molecule has 0 saturated heterocycles. The van der Waals surface area contributed by atoms with Crippen LogP contribution in [-0.4, -0.2) is 15.9 Å². The molecular formula is C16H9ClF3N3OS. The first-order chi connectivity index (χ1) is 11.8. The molecule has 2 heterocycles. The molecule has 1 amide bonds. The van der Waals surface area contributed by atoms with Crippen LogP contribution in [0.5, 0.6) is 0 Å². The number of hydrogen-bond donors (Lipinski definition) is 1. The minimum absolute atomic E-state index is 0.00231. The quantitative estimate of drug-likeness (QED) is 0.682. The normalized spacial score (nSPS) is 11.4. The average molecular weight is 384 g/mol. The van der Waals surface area contributed by atoms with Crippen LogP contribution in [0.15, 0.2) is 48.0 Å². The molecule has 25 heavy (non-hydrogen) atoms. The summed E-state index contributed by atoms with van der Waals surface area (Å²) in [6.45, 7) is 0. The van der Waals surface area contributed by atoms with Crippen LogP contribution in [0.25, 0.3) is 11.3 Å². The number of pyridine rings is 1. The SMILES string of the molecule is O=C(Nc1nc(-c2ccccc2Cl)cs1)c1ccc(C(F)(F)F)nc1. The summed E-state index contributed by atoms with van der Waals surface area (Å²) in [7, 11) is 0. The largest absolute Gasteiger partial charge is 0.433 e. The van der Waals surface area contributed by atoms with Crippen LogP contribution in [-0.2, 0) is 6.18 Å². The molecule has 0 radical (unpaired) electrons. The summed E-state index contributed by atoms with van der Waals surface area (Å²) in [5.74, 6) is -0.596. The van der Waals surface area contributed by atoms with E-state index < -0.39 is 17.8 Å². The second-order valence-corrected chi connectivity index (χ2v) is 6.17. The Morgan fingerprint density at radius 1 is 1.16 bits per heavy atom. The Kier molecular flexibility index (Phi) is 4.73. The fourth-order valence-corrected chi connectivity index (χ4v) is 2.93. The van der Waals surface area contributed by atoms with Gasteiger partial charge in [-0.1, -0.05) is 29.8 Å². The lowest BCUT2D eigenvalue weighted by Gasteiger charge is -2.06. The lowest BCUT2D eigenvalue weighted by atomic mass is 10.2. The van der Waals surface area contributed by atoms with E-state index in [4.69, 9.17) is 11.6 Å². The number of carbonyl (C=O) groups is 1. The van der Waals surface area contributed by atoms with E-state index in [-0.39, 0.29) is 5.56 Å². The number of rotatable bonds is 3. The van der Waals surface area contributed by atoms with Crippen LogP contribution in [0.3, 0.4) is 0 Å². The highest BCUT2D eigenvalue weighted by atomic mass is 35.5. The van der Waals surface area contributed by atoms with Crippen LogP contribution in [0.4, 0.5) is 18.3 Å². The lowest BCUT2D eigenvalue weighted by Crippen LogP contribution is -2.14. The second kappa shape index (κ2) is 6.81. The van der Waals surface area contributed by atoms with E-state index >= 15 is 0 Å². The molecule has 0 aliphatic rings. The number of nitrogens with zero attached hydrogens (tertiary/aromatic N) is 2. The summed E-state index contributed by atoms with van der Waals surface area (Å²) in [6, 6.07) is 8.94. The van der Waals surface area contributed by atoms with Gasteiger partial charge < -0.3 is 0 Å². The first kappa shape index (κ1) is 17.4. The van der Waals surface area contributed by atoms with Crippen molar-refractivity contribution in [2.75, 3.05) is 5.32 Å². The third-order valence-electron chi connectivity index (χ3n) is 3.19. The van der Waals surface area contributed by atoms with E-state index in [2.05, 4.69) is 15.3 Å². The maximum atomic E-state index is 12.5. The molecule has 0 spiro atoms.